The zero-order valence-electron chi connectivity index (χ0n) is 13.3. The van der Waals surface area contributed by atoms with E-state index in [-0.39, 0.29) is 0 Å². The van der Waals surface area contributed by atoms with E-state index in [1.54, 1.807) is 0 Å². The van der Waals surface area contributed by atoms with Gasteiger partial charge in [0.2, 0.25) is 0 Å². The minimum atomic E-state index is -0.549. The van der Waals surface area contributed by atoms with Crippen LogP contribution in [0.25, 0.3) is 0 Å². The lowest BCUT2D eigenvalue weighted by Crippen LogP contribution is -2.08. The van der Waals surface area contributed by atoms with Crippen LogP contribution in [-0.4, -0.2) is 5.11 Å². The monoisotopic (exact) mass is 268 g/mol. The van der Waals surface area contributed by atoms with Gasteiger partial charge in [-0.05, 0) is 74.9 Å². The van der Waals surface area contributed by atoms with Gasteiger partial charge < -0.3 is 5.11 Å². The molecule has 0 aliphatic heterocycles. The number of aliphatic hydroxyl groups is 1. The van der Waals surface area contributed by atoms with Crippen LogP contribution >= 0.6 is 0 Å². The molecule has 0 saturated carbocycles. The van der Waals surface area contributed by atoms with Gasteiger partial charge in [0, 0.05) is 0 Å². The van der Waals surface area contributed by atoms with Crippen LogP contribution in [0.1, 0.15) is 50.6 Å². The second-order valence-electron chi connectivity index (χ2n) is 6.00. The maximum Gasteiger partial charge on any atom is 0.105 e. The van der Waals surface area contributed by atoms with E-state index in [1.165, 1.54) is 33.4 Å². The summed E-state index contributed by atoms with van der Waals surface area (Å²) in [5.41, 5.74) is 9.31. The second-order valence-corrected chi connectivity index (χ2v) is 6.00. The highest BCUT2D eigenvalue weighted by Gasteiger charge is 2.18. The van der Waals surface area contributed by atoms with Gasteiger partial charge in [-0.3, -0.25) is 0 Å². The van der Waals surface area contributed by atoms with Gasteiger partial charge >= 0.3 is 0 Å². The van der Waals surface area contributed by atoms with Gasteiger partial charge in [0.05, 0.1) is 0 Å². The topological polar surface area (TPSA) is 20.2 Å². The van der Waals surface area contributed by atoms with Crippen molar-refractivity contribution in [1.82, 2.24) is 0 Å². The molecule has 0 saturated heterocycles. The van der Waals surface area contributed by atoms with Crippen molar-refractivity contribution in [2.24, 2.45) is 0 Å². The molecule has 20 heavy (non-hydrogen) atoms. The maximum absolute atomic E-state index is 10.9. The fraction of sp³-hybridized carbons (Fsp3) is 0.368. The Morgan fingerprint density at radius 3 is 1.60 bits per heavy atom. The van der Waals surface area contributed by atoms with Crippen LogP contribution < -0.4 is 0 Å². The Morgan fingerprint density at radius 2 is 1.15 bits per heavy atom. The fourth-order valence-electron chi connectivity index (χ4n) is 2.99. The van der Waals surface area contributed by atoms with Gasteiger partial charge in [-0.1, -0.05) is 35.4 Å². The summed E-state index contributed by atoms with van der Waals surface area (Å²) in [6.45, 7) is 12.6. The second kappa shape index (κ2) is 5.41. The molecule has 0 spiro atoms. The molecule has 1 atom stereocenters. The molecule has 2 rings (SSSR count). The number of rotatable bonds is 2. The van der Waals surface area contributed by atoms with Gasteiger partial charge in [-0.25, -0.2) is 0 Å². The van der Waals surface area contributed by atoms with E-state index in [0.29, 0.717) is 0 Å². The maximum atomic E-state index is 10.9. The lowest BCUT2D eigenvalue weighted by atomic mass is 9.87. The van der Waals surface area contributed by atoms with Crippen molar-refractivity contribution in [3.63, 3.8) is 0 Å². The molecular weight excluding hydrogens is 244 g/mol. The smallest absolute Gasteiger partial charge is 0.105 e. The molecule has 2 aromatic rings. The van der Waals surface area contributed by atoms with Gasteiger partial charge in [0.1, 0.15) is 6.10 Å². The van der Waals surface area contributed by atoms with E-state index in [1.807, 2.05) is 0 Å². The first-order valence-electron chi connectivity index (χ1n) is 7.14. The average Bonchev–Trinajstić information content (AvgIpc) is 2.35. The zero-order valence-corrected chi connectivity index (χ0v) is 13.3. The first kappa shape index (κ1) is 14.8. The first-order chi connectivity index (χ1) is 9.31. The Kier molecular flexibility index (Phi) is 4.01. The molecule has 1 unspecified atom stereocenters. The number of hydrogen-bond donors (Lipinski definition) is 1. The quantitative estimate of drug-likeness (QED) is 0.842. The van der Waals surface area contributed by atoms with Crippen LogP contribution in [-0.2, 0) is 0 Å². The van der Waals surface area contributed by atoms with E-state index in [2.05, 4.69) is 65.8 Å². The van der Waals surface area contributed by atoms with E-state index >= 15 is 0 Å². The van der Waals surface area contributed by atoms with Crippen LogP contribution in [0.3, 0.4) is 0 Å². The van der Waals surface area contributed by atoms with Crippen LogP contribution in [0.5, 0.6) is 0 Å². The number of aryl methyl sites for hydroxylation is 4. The summed E-state index contributed by atoms with van der Waals surface area (Å²) in [5.74, 6) is 0. The van der Waals surface area contributed by atoms with Crippen LogP contribution in [0.15, 0.2) is 24.3 Å². The molecule has 0 aliphatic carbocycles. The average molecular weight is 268 g/mol. The molecule has 0 aromatic heterocycles. The van der Waals surface area contributed by atoms with E-state index < -0.39 is 6.10 Å². The standard InChI is InChI=1S/C19H24O/c1-11-7-12(2)9-17(8-11)19(20)18-15(5)13(3)10-14(4)16(18)6/h7-10,19-20H,1-6H3. The molecule has 106 valence electrons. The molecule has 0 aliphatic rings. The number of hydrogen-bond acceptors (Lipinski definition) is 1. The zero-order chi connectivity index (χ0) is 15.0. The summed E-state index contributed by atoms with van der Waals surface area (Å²) >= 11 is 0. The lowest BCUT2D eigenvalue weighted by Gasteiger charge is -2.21. The number of aliphatic hydroxyl groups excluding tert-OH is 1. The molecular formula is C19H24O. The molecule has 2 aromatic carbocycles. The Balaban J connectivity index is 2.61. The van der Waals surface area contributed by atoms with Crippen molar-refractivity contribution in [3.05, 3.63) is 68.8 Å². The summed E-state index contributed by atoms with van der Waals surface area (Å²) in [6.07, 6.45) is -0.549. The highest BCUT2D eigenvalue weighted by Crippen LogP contribution is 2.32. The minimum Gasteiger partial charge on any atom is -0.384 e. The summed E-state index contributed by atoms with van der Waals surface area (Å²) in [5, 5.41) is 10.9. The SMILES string of the molecule is Cc1cc(C)cc(C(O)c2c(C)c(C)cc(C)c2C)c1. The molecule has 0 radical (unpaired) electrons. The molecule has 0 heterocycles. The van der Waals surface area contributed by atoms with E-state index in [0.717, 1.165) is 11.1 Å². The van der Waals surface area contributed by atoms with E-state index in [9.17, 15) is 5.11 Å². The van der Waals surface area contributed by atoms with E-state index in [4.69, 9.17) is 0 Å². The first-order valence-corrected chi connectivity index (χ1v) is 7.14. The van der Waals surface area contributed by atoms with Crippen LogP contribution in [0.4, 0.5) is 0 Å². The Labute approximate surface area is 122 Å². The van der Waals surface area contributed by atoms with Crippen molar-refractivity contribution >= 4 is 0 Å². The van der Waals surface area contributed by atoms with Crippen LogP contribution in [0, 0.1) is 41.5 Å². The summed E-state index contributed by atoms with van der Waals surface area (Å²) in [6, 6.07) is 8.49. The van der Waals surface area contributed by atoms with Crippen molar-refractivity contribution < 1.29 is 5.11 Å². The predicted octanol–water partition coefficient (Wildman–Crippen LogP) is 4.62. The molecule has 0 bridgehead atoms. The fourth-order valence-corrected chi connectivity index (χ4v) is 2.99. The normalized spacial score (nSPS) is 12.6. The molecule has 1 heteroatoms. The predicted molar refractivity (Wildman–Crippen MR) is 85.4 cm³/mol. The van der Waals surface area contributed by atoms with Gasteiger partial charge in [-0.15, -0.1) is 0 Å². The van der Waals surface area contributed by atoms with Crippen LogP contribution in [0.2, 0.25) is 0 Å². The van der Waals surface area contributed by atoms with Crippen molar-refractivity contribution in [2.75, 3.05) is 0 Å². The summed E-state index contributed by atoms with van der Waals surface area (Å²) in [4.78, 5) is 0. The Bertz CT molecular complexity index is 607. The highest BCUT2D eigenvalue weighted by molar-refractivity contribution is 5.48. The van der Waals surface area contributed by atoms with Crippen molar-refractivity contribution in [1.29, 1.82) is 0 Å². The Morgan fingerprint density at radius 1 is 0.700 bits per heavy atom. The highest BCUT2D eigenvalue weighted by atomic mass is 16.3. The summed E-state index contributed by atoms with van der Waals surface area (Å²) < 4.78 is 0. The number of benzene rings is 2. The molecule has 1 N–H and O–H groups in total. The third-order valence-corrected chi connectivity index (χ3v) is 4.26. The Hall–Kier alpha value is -1.60. The largest absolute Gasteiger partial charge is 0.384 e. The third-order valence-electron chi connectivity index (χ3n) is 4.26. The molecule has 0 amide bonds. The molecule has 0 fully saturated rings. The van der Waals surface area contributed by atoms with Gasteiger partial charge in [0.25, 0.3) is 0 Å². The minimum absolute atomic E-state index is 0.549. The molecule has 1 nitrogen and oxygen atoms in total. The third kappa shape index (κ3) is 2.64. The summed E-state index contributed by atoms with van der Waals surface area (Å²) in [7, 11) is 0. The lowest BCUT2D eigenvalue weighted by molar-refractivity contribution is 0.218. The van der Waals surface area contributed by atoms with Crippen molar-refractivity contribution in [2.45, 2.75) is 47.6 Å². The van der Waals surface area contributed by atoms with Crippen molar-refractivity contribution in [3.8, 4) is 0 Å². The van der Waals surface area contributed by atoms with Gasteiger partial charge in [0.15, 0.2) is 0 Å². The van der Waals surface area contributed by atoms with Gasteiger partial charge in [-0.2, -0.15) is 0 Å².